The van der Waals surface area contributed by atoms with E-state index in [1.807, 2.05) is 24.5 Å². The zero-order valence-corrected chi connectivity index (χ0v) is 15.1. The minimum absolute atomic E-state index is 0.0579. The van der Waals surface area contributed by atoms with Crippen LogP contribution in [0.15, 0.2) is 36.9 Å². The van der Waals surface area contributed by atoms with E-state index in [9.17, 15) is 13.7 Å². The lowest BCUT2D eigenvalue weighted by Crippen LogP contribution is -2.64. The highest BCUT2D eigenvalue weighted by Gasteiger charge is 2.49. The summed E-state index contributed by atoms with van der Waals surface area (Å²) in [6.45, 7) is 2.16. The topological polar surface area (TPSA) is 108 Å². The Morgan fingerprint density at radius 3 is 2.96 bits per heavy atom. The minimum atomic E-state index is -3.25. The number of nitriles is 1. The average molecular weight is 370 g/mol. The maximum atomic E-state index is 12.0. The van der Waals surface area contributed by atoms with Crippen LogP contribution in [0.4, 0.5) is 0 Å². The van der Waals surface area contributed by atoms with Crippen LogP contribution < -0.4 is 0 Å². The van der Waals surface area contributed by atoms with Gasteiger partial charge < -0.3 is 4.98 Å². The van der Waals surface area contributed by atoms with Crippen molar-refractivity contribution in [2.45, 2.75) is 18.9 Å². The molecule has 1 N–H and O–H groups in total. The van der Waals surface area contributed by atoms with Crippen LogP contribution in [0.5, 0.6) is 0 Å². The lowest BCUT2D eigenvalue weighted by Gasteiger charge is -2.47. The summed E-state index contributed by atoms with van der Waals surface area (Å²) in [7, 11) is -3.25. The SMILES string of the molecule is CCS(=O)(=O)N1CC(CC#N)(n2cc(-c3c[nH]c4ncccc34)cn2)C1. The van der Waals surface area contributed by atoms with Crippen molar-refractivity contribution in [3.63, 3.8) is 0 Å². The fourth-order valence-corrected chi connectivity index (χ4v) is 4.63. The predicted octanol–water partition coefficient (Wildman–Crippen LogP) is 1.70. The molecule has 134 valence electrons. The molecule has 0 atom stereocenters. The molecule has 1 aliphatic rings. The van der Waals surface area contributed by atoms with Gasteiger partial charge in [-0.3, -0.25) is 4.68 Å². The first-order chi connectivity index (χ1) is 12.5. The first-order valence-corrected chi connectivity index (χ1v) is 9.92. The van der Waals surface area contributed by atoms with E-state index < -0.39 is 15.6 Å². The average Bonchev–Trinajstić information content (AvgIpc) is 3.24. The van der Waals surface area contributed by atoms with Crippen molar-refractivity contribution in [1.82, 2.24) is 24.1 Å². The molecule has 0 aromatic carbocycles. The predicted molar refractivity (Wildman–Crippen MR) is 96.6 cm³/mol. The number of H-pyrrole nitrogens is 1. The smallest absolute Gasteiger partial charge is 0.213 e. The quantitative estimate of drug-likeness (QED) is 0.735. The molecule has 3 aromatic heterocycles. The van der Waals surface area contributed by atoms with Crippen molar-refractivity contribution in [2.75, 3.05) is 18.8 Å². The molecule has 4 heterocycles. The van der Waals surface area contributed by atoms with Gasteiger partial charge in [-0.15, -0.1) is 0 Å². The van der Waals surface area contributed by atoms with Gasteiger partial charge in [-0.25, -0.2) is 13.4 Å². The number of aromatic nitrogens is 4. The van der Waals surface area contributed by atoms with E-state index in [4.69, 9.17) is 0 Å². The number of fused-ring (bicyclic) bond motifs is 1. The molecule has 0 bridgehead atoms. The van der Waals surface area contributed by atoms with Gasteiger partial charge in [-0.05, 0) is 19.1 Å². The van der Waals surface area contributed by atoms with E-state index in [1.54, 1.807) is 24.0 Å². The standard InChI is InChI=1S/C17H18N6O2S/c1-2-26(24,25)22-11-17(12-22,5-6-18)23-10-13(8-21-23)15-9-20-16-14(15)4-3-7-19-16/h3-4,7-10H,2,5,11-12H2,1H3,(H,19,20). The number of rotatable bonds is 5. The van der Waals surface area contributed by atoms with Crippen molar-refractivity contribution in [3.05, 3.63) is 36.9 Å². The number of nitrogens with one attached hydrogen (secondary N) is 1. The molecule has 1 fully saturated rings. The number of pyridine rings is 1. The minimum Gasteiger partial charge on any atom is -0.346 e. The molecule has 0 spiro atoms. The van der Waals surface area contributed by atoms with Crippen LogP contribution in [-0.2, 0) is 15.6 Å². The molecule has 9 heteroatoms. The van der Waals surface area contributed by atoms with Crippen LogP contribution in [0.25, 0.3) is 22.2 Å². The lowest BCUT2D eigenvalue weighted by atomic mass is 9.89. The molecule has 0 aliphatic carbocycles. The molecule has 1 saturated heterocycles. The molecule has 8 nitrogen and oxygen atoms in total. The summed E-state index contributed by atoms with van der Waals surface area (Å²) < 4.78 is 27.2. The zero-order chi connectivity index (χ0) is 18.4. The van der Waals surface area contributed by atoms with Crippen LogP contribution in [0.3, 0.4) is 0 Å². The summed E-state index contributed by atoms with van der Waals surface area (Å²) in [5.74, 6) is 0.0579. The van der Waals surface area contributed by atoms with Gasteiger partial charge in [0.15, 0.2) is 0 Å². The van der Waals surface area contributed by atoms with Crippen LogP contribution in [0.2, 0.25) is 0 Å². The maximum Gasteiger partial charge on any atom is 0.213 e. The van der Waals surface area contributed by atoms with Crippen molar-refractivity contribution in [1.29, 1.82) is 5.26 Å². The first-order valence-electron chi connectivity index (χ1n) is 8.31. The molecule has 0 amide bonds. The van der Waals surface area contributed by atoms with Gasteiger partial charge in [0.1, 0.15) is 11.2 Å². The summed E-state index contributed by atoms with van der Waals surface area (Å²) in [6, 6.07) is 6.03. The third-order valence-corrected chi connectivity index (χ3v) is 6.71. The van der Waals surface area contributed by atoms with Crippen molar-refractivity contribution < 1.29 is 8.42 Å². The Hall–Kier alpha value is -2.70. The Labute approximate surface area is 151 Å². The van der Waals surface area contributed by atoms with E-state index in [0.29, 0.717) is 0 Å². The molecule has 0 saturated carbocycles. The Morgan fingerprint density at radius 1 is 1.42 bits per heavy atom. The fourth-order valence-electron chi connectivity index (χ4n) is 3.39. The van der Waals surface area contributed by atoms with E-state index in [0.717, 1.165) is 22.2 Å². The largest absolute Gasteiger partial charge is 0.346 e. The van der Waals surface area contributed by atoms with E-state index in [-0.39, 0.29) is 25.3 Å². The lowest BCUT2D eigenvalue weighted by molar-refractivity contribution is 0.0719. The number of hydrogen-bond donors (Lipinski definition) is 1. The highest BCUT2D eigenvalue weighted by molar-refractivity contribution is 7.89. The van der Waals surface area contributed by atoms with Crippen LogP contribution in [-0.4, -0.2) is 51.3 Å². The molecular weight excluding hydrogens is 352 g/mol. The second-order valence-electron chi connectivity index (χ2n) is 6.50. The molecule has 1 aliphatic heterocycles. The second-order valence-corrected chi connectivity index (χ2v) is 8.76. The van der Waals surface area contributed by atoms with E-state index in [2.05, 4.69) is 21.1 Å². The normalized spacial score (nSPS) is 17.1. The van der Waals surface area contributed by atoms with Gasteiger partial charge in [-0.1, -0.05) is 0 Å². The van der Waals surface area contributed by atoms with Crippen molar-refractivity contribution >= 4 is 21.1 Å². The van der Waals surface area contributed by atoms with Gasteiger partial charge >= 0.3 is 0 Å². The van der Waals surface area contributed by atoms with Gasteiger partial charge in [-0.2, -0.15) is 14.7 Å². The Bertz CT molecular complexity index is 1100. The molecule has 4 rings (SSSR count). The molecular formula is C17H18N6O2S. The van der Waals surface area contributed by atoms with Gasteiger partial charge in [0, 0.05) is 48.2 Å². The summed E-state index contributed by atoms with van der Waals surface area (Å²) in [5, 5.41) is 14.7. The number of hydrogen-bond acceptors (Lipinski definition) is 5. The van der Waals surface area contributed by atoms with Crippen LogP contribution in [0.1, 0.15) is 13.3 Å². The Balaban J connectivity index is 1.67. The summed E-state index contributed by atoms with van der Waals surface area (Å²) >= 11 is 0. The Morgan fingerprint density at radius 2 is 2.23 bits per heavy atom. The zero-order valence-electron chi connectivity index (χ0n) is 14.3. The monoisotopic (exact) mass is 370 g/mol. The molecule has 0 radical (unpaired) electrons. The third-order valence-electron chi connectivity index (χ3n) is 4.94. The van der Waals surface area contributed by atoms with Gasteiger partial charge in [0.05, 0.1) is 24.4 Å². The molecule has 3 aromatic rings. The highest BCUT2D eigenvalue weighted by Crippen LogP contribution is 2.36. The fraction of sp³-hybridized carbons (Fsp3) is 0.353. The van der Waals surface area contributed by atoms with E-state index in [1.165, 1.54) is 4.31 Å². The number of nitrogens with zero attached hydrogens (tertiary/aromatic N) is 5. The third kappa shape index (κ3) is 2.50. The summed E-state index contributed by atoms with van der Waals surface area (Å²) in [5.41, 5.74) is 2.06. The highest BCUT2D eigenvalue weighted by atomic mass is 32.2. The van der Waals surface area contributed by atoms with Crippen LogP contribution in [0, 0.1) is 11.3 Å². The molecule has 0 unspecified atom stereocenters. The van der Waals surface area contributed by atoms with E-state index >= 15 is 0 Å². The number of sulfonamides is 1. The van der Waals surface area contributed by atoms with Crippen molar-refractivity contribution in [3.8, 4) is 17.2 Å². The van der Waals surface area contributed by atoms with Gasteiger partial charge in [0.2, 0.25) is 10.0 Å². The maximum absolute atomic E-state index is 12.0. The summed E-state index contributed by atoms with van der Waals surface area (Å²) in [6.07, 6.45) is 7.43. The Kier molecular flexibility index (Phi) is 3.82. The second kappa shape index (κ2) is 5.93. The molecule has 26 heavy (non-hydrogen) atoms. The summed E-state index contributed by atoms with van der Waals surface area (Å²) in [4.78, 5) is 7.42. The van der Waals surface area contributed by atoms with Gasteiger partial charge in [0.25, 0.3) is 0 Å². The van der Waals surface area contributed by atoms with Crippen molar-refractivity contribution in [2.24, 2.45) is 0 Å². The first kappa shape index (κ1) is 16.8. The van der Waals surface area contributed by atoms with Crippen LogP contribution >= 0.6 is 0 Å². The number of aromatic amines is 1.